The summed E-state index contributed by atoms with van der Waals surface area (Å²) in [6, 6.07) is 3.12. The SMILES string of the molecule is Cc1c(C(=O)OC(C)(C)C)cc(B(O)O)cc1N1CCN(C(=O)OC(C)(C)C)CC1. The lowest BCUT2D eigenvalue weighted by Crippen LogP contribution is -2.50. The molecule has 166 valence electrons. The van der Waals surface area contributed by atoms with Crippen molar-refractivity contribution in [2.45, 2.75) is 59.7 Å². The number of amides is 1. The number of hydrogen-bond donors (Lipinski definition) is 2. The van der Waals surface area contributed by atoms with E-state index in [0.717, 1.165) is 0 Å². The van der Waals surface area contributed by atoms with Crippen LogP contribution >= 0.6 is 0 Å². The first-order valence-corrected chi connectivity index (χ1v) is 10.1. The average Bonchev–Trinajstić information content (AvgIpc) is 2.58. The number of piperazine rings is 1. The van der Waals surface area contributed by atoms with E-state index in [0.29, 0.717) is 43.0 Å². The van der Waals surface area contributed by atoms with Crippen LogP contribution in [0.1, 0.15) is 57.5 Å². The van der Waals surface area contributed by atoms with Crippen LogP contribution in [0.15, 0.2) is 12.1 Å². The Hall–Kier alpha value is -2.26. The normalized spacial score (nSPS) is 15.1. The van der Waals surface area contributed by atoms with Gasteiger partial charge in [-0.05, 0) is 71.6 Å². The van der Waals surface area contributed by atoms with Gasteiger partial charge < -0.3 is 29.3 Å². The molecule has 1 aromatic rings. The minimum absolute atomic E-state index is 0.214. The molecule has 2 rings (SSSR count). The molecule has 0 unspecified atom stereocenters. The number of anilines is 1. The molecule has 1 aromatic carbocycles. The van der Waals surface area contributed by atoms with Crippen molar-refractivity contribution in [1.82, 2.24) is 4.90 Å². The molecule has 0 radical (unpaired) electrons. The number of benzene rings is 1. The molecule has 0 bridgehead atoms. The lowest BCUT2D eigenvalue weighted by Gasteiger charge is -2.37. The van der Waals surface area contributed by atoms with Crippen LogP contribution in [0.5, 0.6) is 0 Å². The van der Waals surface area contributed by atoms with Gasteiger partial charge in [-0.25, -0.2) is 9.59 Å². The number of ether oxygens (including phenoxy) is 2. The molecule has 1 saturated heterocycles. The van der Waals surface area contributed by atoms with Gasteiger partial charge in [0.15, 0.2) is 0 Å². The van der Waals surface area contributed by atoms with Crippen molar-refractivity contribution < 1.29 is 29.1 Å². The van der Waals surface area contributed by atoms with Gasteiger partial charge in [0.1, 0.15) is 11.2 Å². The van der Waals surface area contributed by atoms with Crippen LogP contribution in [-0.4, -0.2) is 71.5 Å². The summed E-state index contributed by atoms with van der Waals surface area (Å²) in [7, 11) is -1.71. The summed E-state index contributed by atoms with van der Waals surface area (Å²) in [4.78, 5) is 28.7. The minimum Gasteiger partial charge on any atom is -0.456 e. The van der Waals surface area contributed by atoms with Gasteiger partial charge in [-0.1, -0.05) is 0 Å². The second kappa shape index (κ2) is 8.85. The van der Waals surface area contributed by atoms with Crippen LogP contribution in [0.4, 0.5) is 10.5 Å². The number of esters is 1. The molecule has 1 aliphatic rings. The molecule has 9 heteroatoms. The van der Waals surface area contributed by atoms with Crippen LogP contribution < -0.4 is 10.4 Å². The van der Waals surface area contributed by atoms with Crippen LogP contribution in [0.25, 0.3) is 0 Å². The van der Waals surface area contributed by atoms with Crippen molar-refractivity contribution in [2.24, 2.45) is 0 Å². The number of carbonyl (C=O) groups is 2. The van der Waals surface area contributed by atoms with Gasteiger partial charge in [0.25, 0.3) is 0 Å². The molecular weight excluding hydrogens is 387 g/mol. The lowest BCUT2D eigenvalue weighted by atomic mass is 9.78. The predicted molar refractivity (Wildman–Crippen MR) is 116 cm³/mol. The van der Waals surface area contributed by atoms with Crippen molar-refractivity contribution in [3.8, 4) is 0 Å². The van der Waals surface area contributed by atoms with E-state index in [9.17, 15) is 19.6 Å². The molecule has 2 N–H and O–H groups in total. The maximum atomic E-state index is 12.7. The second-order valence-corrected chi connectivity index (χ2v) is 9.54. The molecule has 0 atom stereocenters. The lowest BCUT2D eigenvalue weighted by molar-refractivity contribution is 0.00683. The molecule has 1 heterocycles. The Morgan fingerprint density at radius 2 is 1.47 bits per heavy atom. The summed E-state index contributed by atoms with van der Waals surface area (Å²) in [5, 5.41) is 19.4. The zero-order valence-electron chi connectivity index (χ0n) is 19.0. The zero-order chi connectivity index (χ0) is 22.9. The van der Waals surface area contributed by atoms with Crippen molar-refractivity contribution in [1.29, 1.82) is 0 Å². The maximum Gasteiger partial charge on any atom is 0.488 e. The number of carbonyl (C=O) groups excluding carboxylic acids is 2. The molecule has 1 amide bonds. The first-order chi connectivity index (χ1) is 13.7. The Balaban J connectivity index is 2.25. The first-order valence-electron chi connectivity index (χ1n) is 10.1. The Kier molecular flexibility index (Phi) is 7.09. The van der Waals surface area contributed by atoms with E-state index in [-0.39, 0.29) is 11.6 Å². The van der Waals surface area contributed by atoms with E-state index in [2.05, 4.69) is 0 Å². The van der Waals surface area contributed by atoms with Crippen molar-refractivity contribution in [3.63, 3.8) is 0 Å². The molecular formula is C21H33BN2O6. The predicted octanol–water partition coefficient (Wildman–Crippen LogP) is 1.69. The van der Waals surface area contributed by atoms with Crippen molar-refractivity contribution >= 4 is 30.3 Å². The van der Waals surface area contributed by atoms with Gasteiger partial charge in [0, 0.05) is 31.9 Å². The Labute approximate surface area is 178 Å². The second-order valence-electron chi connectivity index (χ2n) is 9.54. The minimum atomic E-state index is -1.71. The van der Waals surface area contributed by atoms with Crippen LogP contribution in [0.3, 0.4) is 0 Å². The fourth-order valence-corrected chi connectivity index (χ4v) is 3.20. The maximum absolute atomic E-state index is 12.7. The largest absolute Gasteiger partial charge is 0.488 e. The van der Waals surface area contributed by atoms with E-state index in [4.69, 9.17) is 9.47 Å². The monoisotopic (exact) mass is 420 g/mol. The summed E-state index contributed by atoms with van der Waals surface area (Å²) in [6.45, 7) is 14.6. The highest BCUT2D eigenvalue weighted by Gasteiger charge is 2.29. The Bertz CT molecular complexity index is 790. The quantitative estimate of drug-likeness (QED) is 0.567. The van der Waals surface area contributed by atoms with Crippen LogP contribution in [-0.2, 0) is 9.47 Å². The topological polar surface area (TPSA) is 99.5 Å². The highest BCUT2D eigenvalue weighted by molar-refractivity contribution is 6.58. The number of rotatable bonds is 3. The summed E-state index contributed by atoms with van der Waals surface area (Å²) in [5.41, 5.74) is 0.686. The summed E-state index contributed by atoms with van der Waals surface area (Å²) >= 11 is 0. The van der Waals surface area contributed by atoms with Gasteiger partial charge in [-0.15, -0.1) is 0 Å². The Morgan fingerprint density at radius 1 is 0.933 bits per heavy atom. The first kappa shape index (κ1) is 24.0. The van der Waals surface area contributed by atoms with E-state index >= 15 is 0 Å². The smallest absolute Gasteiger partial charge is 0.456 e. The van der Waals surface area contributed by atoms with E-state index in [1.165, 1.54) is 6.07 Å². The number of nitrogens with zero attached hydrogens (tertiary/aromatic N) is 2. The molecule has 0 aromatic heterocycles. The van der Waals surface area contributed by atoms with Crippen molar-refractivity contribution in [3.05, 3.63) is 23.3 Å². The van der Waals surface area contributed by atoms with E-state index < -0.39 is 24.3 Å². The third-order valence-corrected chi connectivity index (χ3v) is 4.59. The van der Waals surface area contributed by atoms with Crippen molar-refractivity contribution in [2.75, 3.05) is 31.1 Å². The Morgan fingerprint density at radius 3 is 1.93 bits per heavy atom. The molecule has 8 nitrogen and oxygen atoms in total. The average molecular weight is 420 g/mol. The standard InChI is InChI=1S/C21H33BN2O6/c1-14-16(18(25)29-20(2,3)4)12-15(22(27)28)13-17(14)23-8-10-24(11-9-23)19(26)30-21(5,6)7/h12-13,27-28H,8-11H2,1-7H3. The highest BCUT2D eigenvalue weighted by Crippen LogP contribution is 2.26. The summed E-state index contributed by atoms with van der Waals surface area (Å²) in [5.74, 6) is -0.517. The van der Waals surface area contributed by atoms with Gasteiger partial charge in [-0.3, -0.25) is 0 Å². The van der Waals surface area contributed by atoms with Gasteiger partial charge >= 0.3 is 19.2 Å². The van der Waals surface area contributed by atoms with E-state index in [1.54, 1.807) is 31.7 Å². The molecule has 0 aliphatic carbocycles. The fourth-order valence-electron chi connectivity index (χ4n) is 3.20. The summed E-state index contributed by atoms with van der Waals surface area (Å²) in [6.07, 6.45) is -0.354. The van der Waals surface area contributed by atoms with Gasteiger partial charge in [0.05, 0.1) is 5.56 Å². The zero-order valence-corrected chi connectivity index (χ0v) is 19.0. The number of hydrogen-bond acceptors (Lipinski definition) is 7. The third-order valence-electron chi connectivity index (χ3n) is 4.59. The fraction of sp³-hybridized carbons (Fsp3) is 0.619. The highest BCUT2D eigenvalue weighted by atomic mass is 16.6. The van der Waals surface area contributed by atoms with Gasteiger partial charge in [-0.2, -0.15) is 0 Å². The molecule has 1 aliphatic heterocycles. The molecule has 1 fully saturated rings. The molecule has 0 spiro atoms. The molecule has 0 saturated carbocycles. The third kappa shape index (κ3) is 6.37. The van der Waals surface area contributed by atoms with E-state index in [1.807, 2.05) is 32.6 Å². The molecule has 30 heavy (non-hydrogen) atoms. The summed E-state index contributed by atoms with van der Waals surface area (Å²) < 4.78 is 10.9. The van der Waals surface area contributed by atoms with Crippen LogP contribution in [0, 0.1) is 6.92 Å². The van der Waals surface area contributed by atoms with Gasteiger partial charge in [0.2, 0.25) is 0 Å². The van der Waals surface area contributed by atoms with Crippen LogP contribution in [0.2, 0.25) is 0 Å².